The average molecular weight is 449 g/mol. The molecule has 0 fully saturated rings. The fourth-order valence-corrected chi connectivity index (χ4v) is 4.21. The molecular formula is C25H25ClN4O2. The molecule has 164 valence electrons. The lowest BCUT2D eigenvalue weighted by molar-refractivity contribution is -0.116. The van der Waals surface area contributed by atoms with Crippen LogP contribution >= 0.6 is 11.6 Å². The van der Waals surface area contributed by atoms with Crippen LogP contribution in [-0.4, -0.2) is 20.3 Å². The van der Waals surface area contributed by atoms with Crippen molar-refractivity contribution in [1.29, 1.82) is 0 Å². The van der Waals surface area contributed by atoms with Crippen molar-refractivity contribution in [2.45, 2.75) is 40.2 Å². The van der Waals surface area contributed by atoms with E-state index in [-0.39, 0.29) is 11.5 Å². The molecule has 0 aliphatic carbocycles. The third kappa shape index (κ3) is 4.18. The molecule has 7 heteroatoms. The van der Waals surface area contributed by atoms with Gasteiger partial charge >= 0.3 is 0 Å². The van der Waals surface area contributed by atoms with Gasteiger partial charge in [-0.25, -0.2) is 0 Å². The summed E-state index contributed by atoms with van der Waals surface area (Å²) in [4.78, 5) is 25.6. The first-order valence-corrected chi connectivity index (χ1v) is 10.9. The van der Waals surface area contributed by atoms with Crippen LogP contribution in [0.15, 0.2) is 59.5 Å². The summed E-state index contributed by atoms with van der Waals surface area (Å²) in [6.45, 7) is 6.50. The van der Waals surface area contributed by atoms with Crippen molar-refractivity contribution >= 4 is 34.0 Å². The number of anilines is 1. The maximum absolute atomic E-state index is 13.2. The average Bonchev–Trinajstić information content (AvgIpc) is 3.02. The van der Waals surface area contributed by atoms with E-state index in [1.165, 1.54) is 4.68 Å². The lowest BCUT2D eigenvalue weighted by atomic mass is 10.2. The molecule has 6 nitrogen and oxygen atoms in total. The van der Waals surface area contributed by atoms with Gasteiger partial charge in [0.15, 0.2) is 0 Å². The van der Waals surface area contributed by atoms with E-state index in [2.05, 4.69) is 15.0 Å². The summed E-state index contributed by atoms with van der Waals surface area (Å²) in [6, 6.07) is 14.8. The topological polar surface area (TPSA) is 68.9 Å². The van der Waals surface area contributed by atoms with Crippen LogP contribution in [0, 0.1) is 20.8 Å². The molecule has 4 rings (SSSR count). The van der Waals surface area contributed by atoms with E-state index in [0.717, 1.165) is 33.7 Å². The van der Waals surface area contributed by atoms with Gasteiger partial charge < -0.3 is 9.88 Å². The first-order valence-electron chi connectivity index (χ1n) is 10.6. The molecule has 0 aliphatic heterocycles. The second-order valence-corrected chi connectivity index (χ2v) is 8.36. The van der Waals surface area contributed by atoms with Crippen molar-refractivity contribution in [2.75, 3.05) is 5.32 Å². The Morgan fingerprint density at radius 3 is 2.56 bits per heavy atom. The summed E-state index contributed by atoms with van der Waals surface area (Å²) in [5.41, 5.74) is 4.16. The largest absolute Gasteiger partial charge is 0.348 e. The van der Waals surface area contributed by atoms with Crippen LogP contribution in [0.5, 0.6) is 0 Å². The molecule has 1 N–H and O–H groups in total. The van der Waals surface area contributed by atoms with Crippen LogP contribution in [-0.2, 0) is 11.3 Å². The molecule has 0 unspecified atom stereocenters. The van der Waals surface area contributed by atoms with Crippen molar-refractivity contribution in [3.8, 4) is 5.69 Å². The second kappa shape index (κ2) is 9.01. The van der Waals surface area contributed by atoms with E-state index in [1.54, 1.807) is 18.3 Å². The molecule has 2 heterocycles. The van der Waals surface area contributed by atoms with Gasteiger partial charge in [-0.3, -0.25) is 9.59 Å². The molecule has 0 aliphatic rings. The molecule has 2 aromatic heterocycles. The minimum absolute atomic E-state index is 0.0597. The van der Waals surface area contributed by atoms with E-state index in [1.807, 2.05) is 57.2 Å². The van der Waals surface area contributed by atoms with Crippen molar-refractivity contribution in [3.63, 3.8) is 0 Å². The minimum Gasteiger partial charge on any atom is -0.348 e. The first-order chi connectivity index (χ1) is 15.4. The highest BCUT2D eigenvalue weighted by atomic mass is 35.5. The molecule has 0 spiro atoms. The normalized spacial score (nSPS) is 11.1. The van der Waals surface area contributed by atoms with Crippen LogP contribution in [0.4, 0.5) is 5.69 Å². The summed E-state index contributed by atoms with van der Waals surface area (Å²) in [5, 5.41) is 9.41. The first kappa shape index (κ1) is 21.8. The Bertz CT molecular complexity index is 1360. The molecule has 0 atom stereocenters. The summed E-state index contributed by atoms with van der Waals surface area (Å²) in [6.07, 6.45) is 2.76. The van der Waals surface area contributed by atoms with Gasteiger partial charge in [-0.05, 0) is 57.0 Å². The monoisotopic (exact) mass is 448 g/mol. The van der Waals surface area contributed by atoms with Gasteiger partial charge in [0.25, 0.3) is 5.56 Å². The Morgan fingerprint density at radius 2 is 1.81 bits per heavy atom. The van der Waals surface area contributed by atoms with Crippen LogP contribution in [0.3, 0.4) is 0 Å². The molecule has 4 aromatic rings. The number of rotatable bonds is 6. The van der Waals surface area contributed by atoms with Crippen molar-refractivity contribution < 1.29 is 4.79 Å². The zero-order valence-corrected chi connectivity index (χ0v) is 19.1. The Kier molecular flexibility index (Phi) is 6.15. The number of carbonyl (C=O) groups is 1. The predicted octanol–water partition coefficient (Wildman–Crippen LogP) is 5.18. The van der Waals surface area contributed by atoms with E-state index in [4.69, 9.17) is 11.6 Å². The molecule has 0 saturated carbocycles. The van der Waals surface area contributed by atoms with Gasteiger partial charge in [-0.2, -0.15) is 9.78 Å². The number of nitrogens with zero attached hydrogens (tertiary/aromatic N) is 3. The van der Waals surface area contributed by atoms with Gasteiger partial charge in [0.2, 0.25) is 5.91 Å². The highest BCUT2D eigenvalue weighted by molar-refractivity contribution is 6.31. The van der Waals surface area contributed by atoms with E-state index in [0.29, 0.717) is 29.8 Å². The van der Waals surface area contributed by atoms with Gasteiger partial charge in [0, 0.05) is 40.4 Å². The molecule has 0 bridgehead atoms. The van der Waals surface area contributed by atoms with Crippen LogP contribution < -0.4 is 10.9 Å². The Balaban J connectivity index is 1.52. The highest BCUT2D eigenvalue weighted by Crippen LogP contribution is 2.24. The van der Waals surface area contributed by atoms with Crippen molar-refractivity contribution in [2.24, 2.45) is 0 Å². The molecule has 2 aromatic carbocycles. The fraction of sp³-hybridized carbons (Fsp3) is 0.240. The number of para-hydroxylation sites is 1. The van der Waals surface area contributed by atoms with E-state index < -0.39 is 0 Å². The minimum atomic E-state index is -0.137. The number of aromatic nitrogens is 3. The Hall–Kier alpha value is -3.38. The third-order valence-electron chi connectivity index (χ3n) is 5.80. The van der Waals surface area contributed by atoms with Gasteiger partial charge in [0.1, 0.15) is 0 Å². The summed E-state index contributed by atoms with van der Waals surface area (Å²) >= 11 is 6.03. The zero-order valence-electron chi connectivity index (χ0n) is 18.4. The van der Waals surface area contributed by atoms with Crippen LogP contribution in [0.25, 0.3) is 16.5 Å². The number of amides is 1. The van der Waals surface area contributed by atoms with Crippen molar-refractivity contribution in [1.82, 2.24) is 14.3 Å². The van der Waals surface area contributed by atoms with Crippen LogP contribution in [0.1, 0.15) is 29.8 Å². The maximum atomic E-state index is 13.2. The SMILES string of the molecule is Cc1ccc(Cl)cc1NC(=O)CCCn1c(C)c2cnn(-c3ccccc3)c(=O)c2c1C. The number of aryl methyl sites for hydroxylation is 3. The zero-order chi connectivity index (χ0) is 22.8. The van der Waals surface area contributed by atoms with E-state index in [9.17, 15) is 9.59 Å². The number of benzene rings is 2. The third-order valence-corrected chi connectivity index (χ3v) is 6.03. The smallest absolute Gasteiger partial charge is 0.281 e. The molecule has 0 saturated heterocycles. The Labute approximate surface area is 191 Å². The van der Waals surface area contributed by atoms with Gasteiger partial charge in [-0.1, -0.05) is 35.9 Å². The molecular weight excluding hydrogens is 424 g/mol. The quantitative estimate of drug-likeness (QED) is 0.441. The maximum Gasteiger partial charge on any atom is 0.281 e. The van der Waals surface area contributed by atoms with Gasteiger partial charge in [-0.15, -0.1) is 0 Å². The van der Waals surface area contributed by atoms with Gasteiger partial charge in [0.05, 0.1) is 17.3 Å². The number of halogens is 1. The fourth-order valence-electron chi connectivity index (χ4n) is 4.04. The van der Waals surface area contributed by atoms with E-state index >= 15 is 0 Å². The number of fused-ring (bicyclic) bond motifs is 1. The van der Waals surface area contributed by atoms with Crippen LogP contribution in [0.2, 0.25) is 5.02 Å². The molecule has 32 heavy (non-hydrogen) atoms. The number of hydrogen-bond acceptors (Lipinski definition) is 3. The number of hydrogen-bond donors (Lipinski definition) is 1. The lowest BCUT2D eigenvalue weighted by Crippen LogP contribution is -2.21. The number of carbonyl (C=O) groups excluding carboxylic acids is 1. The number of nitrogens with one attached hydrogen (secondary N) is 1. The van der Waals surface area contributed by atoms with Crippen molar-refractivity contribution in [3.05, 3.63) is 87.1 Å². The Morgan fingerprint density at radius 1 is 1.06 bits per heavy atom. The summed E-state index contributed by atoms with van der Waals surface area (Å²) in [7, 11) is 0. The molecule has 1 amide bonds. The molecule has 0 radical (unpaired) electrons. The highest BCUT2D eigenvalue weighted by Gasteiger charge is 2.17. The standard InChI is InChI=1S/C25H25ClN4O2/c1-16-11-12-19(26)14-22(16)28-23(31)10-7-13-29-17(2)21-15-27-30(20-8-5-4-6-9-20)25(32)24(21)18(29)3/h4-6,8-9,11-12,14-15H,7,10,13H2,1-3H3,(H,28,31). The predicted molar refractivity (Wildman–Crippen MR) is 129 cm³/mol. The second-order valence-electron chi connectivity index (χ2n) is 7.92. The summed E-state index contributed by atoms with van der Waals surface area (Å²) < 4.78 is 3.53. The lowest BCUT2D eigenvalue weighted by Gasteiger charge is -2.11. The summed E-state index contributed by atoms with van der Waals surface area (Å²) in [5.74, 6) is -0.0597.